The number of aryl methyl sites for hydroxylation is 2. The molecule has 0 bridgehead atoms. The molecule has 1 N–H and O–H groups in total. The molecule has 0 aliphatic heterocycles. The number of nitrogens with zero attached hydrogens (tertiary/aromatic N) is 2. The van der Waals surface area contributed by atoms with Gasteiger partial charge in [-0.2, -0.15) is 0 Å². The number of nitrogens with one attached hydrogen (secondary N) is 1. The minimum atomic E-state index is -0.129. The quantitative estimate of drug-likeness (QED) is 0.475. The number of aromatic nitrogens is 2. The number of hydrogen-bond donors (Lipinski definition) is 1. The number of imidazole rings is 1. The van der Waals surface area contributed by atoms with Crippen molar-refractivity contribution in [3.8, 4) is 0 Å². The average molecular weight is 381 g/mol. The van der Waals surface area contributed by atoms with Crippen molar-refractivity contribution < 1.29 is 4.79 Å². The third-order valence-electron chi connectivity index (χ3n) is 4.85. The van der Waals surface area contributed by atoms with Crippen LogP contribution in [0.25, 0.3) is 17.1 Å². The Morgan fingerprint density at radius 3 is 2.38 bits per heavy atom. The topological polar surface area (TPSA) is 46.9 Å². The van der Waals surface area contributed by atoms with Crippen LogP contribution >= 0.6 is 0 Å². The van der Waals surface area contributed by atoms with Gasteiger partial charge in [-0.25, -0.2) is 4.98 Å². The number of benzene rings is 3. The molecule has 0 aliphatic rings. The van der Waals surface area contributed by atoms with Crippen LogP contribution in [0.2, 0.25) is 0 Å². The van der Waals surface area contributed by atoms with Gasteiger partial charge in [0.25, 0.3) is 0 Å². The Balaban J connectivity index is 1.47. The molecule has 144 valence electrons. The Bertz CT molecular complexity index is 1110. The van der Waals surface area contributed by atoms with Gasteiger partial charge in [0.1, 0.15) is 5.82 Å². The molecule has 0 aliphatic carbocycles. The molecule has 0 fully saturated rings. The van der Waals surface area contributed by atoms with Crippen LogP contribution in [-0.4, -0.2) is 15.5 Å². The summed E-state index contributed by atoms with van der Waals surface area (Å²) in [5, 5.41) is 2.96. The van der Waals surface area contributed by atoms with Crippen LogP contribution in [0.4, 0.5) is 0 Å². The zero-order chi connectivity index (χ0) is 19.9. The highest BCUT2D eigenvalue weighted by molar-refractivity contribution is 5.91. The molecule has 0 unspecified atom stereocenters. The van der Waals surface area contributed by atoms with Crippen molar-refractivity contribution in [2.75, 3.05) is 0 Å². The van der Waals surface area contributed by atoms with Gasteiger partial charge >= 0.3 is 0 Å². The minimum absolute atomic E-state index is 0.129. The first-order valence-electron chi connectivity index (χ1n) is 9.78. The summed E-state index contributed by atoms with van der Waals surface area (Å²) in [6.07, 6.45) is 4.29. The van der Waals surface area contributed by atoms with E-state index < -0.39 is 0 Å². The lowest BCUT2D eigenvalue weighted by molar-refractivity contribution is -0.116. The van der Waals surface area contributed by atoms with E-state index in [1.165, 1.54) is 5.56 Å². The monoisotopic (exact) mass is 381 g/mol. The third-order valence-corrected chi connectivity index (χ3v) is 4.85. The Labute approximate surface area is 170 Å². The first-order chi connectivity index (χ1) is 14.3. The van der Waals surface area contributed by atoms with Gasteiger partial charge in [-0.05, 0) is 35.8 Å². The van der Waals surface area contributed by atoms with Gasteiger partial charge in [0, 0.05) is 12.6 Å². The second-order valence-electron chi connectivity index (χ2n) is 6.87. The molecule has 4 nitrogen and oxygen atoms in total. The molecule has 3 aromatic carbocycles. The van der Waals surface area contributed by atoms with Crippen molar-refractivity contribution in [3.63, 3.8) is 0 Å². The maximum absolute atomic E-state index is 12.3. The molecule has 0 spiro atoms. The molecule has 1 aromatic heterocycles. The number of carbonyl (C=O) groups is 1. The zero-order valence-corrected chi connectivity index (χ0v) is 16.2. The van der Waals surface area contributed by atoms with Crippen molar-refractivity contribution in [1.29, 1.82) is 0 Å². The third kappa shape index (κ3) is 4.79. The van der Waals surface area contributed by atoms with E-state index in [0.717, 1.165) is 35.4 Å². The van der Waals surface area contributed by atoms with Crippen LogP contribution in [0.5, 0.6) is 0 Å². The summed E-state index contributed by atoms with van der Waals surface area (Å²) in [6.45, 7) is 1.21. The minimum Gasteiger partial charge on any atom is -0.345 e. The molecule has 0 saturated heterocycles. The fourth-order valence-electron chi connectivity index (χ4n) is 3.36. The molecular weight excluding hydrogens is 358 g/mol. The van der Waals surface area contributed by atoms with Crippen molar-refractivity contribution >= 4 is 23.0 Å². The molecule has 1 amide bonds. The van der Waals surface area contributed by atoms with Crippen LogP contribution in [0, 0.1) is 0 Å². The molecule has 29 heavy (non-hydrogen) atoms. The van der Waals surface area contributed by atoms with Crippen LogP contribution in [0.15, 0.2) is 91.0 Å². The fraction of sp³-hybridized carbons (Fsp3) is 0.120. The van der Waals surface area contributed by atoms with E-state index in [1.807, 2.05) is 60.7 Å². The molecule has 0 saturated carbocycles. The highest BCUT2D eigenvalue weighted by atomic mass is 16.1. The Morgan fingerprint density at radius 2 is 1.59 bits per heavy atom. The fourth-order valence-corrected chi connectivity index (χ4v) is 3.36. The van der Waals surface area contributed by atoms with Gasteiger partial charge in [-0.15, -0.1) is 0 Å². The first-order valence-corrected chi connectivity index (χ1v) is 9.78. The van der Waals surface area contributed by atoms with E-state index in [0.29, 0.717) is 6.54 Å². The summed E-state index contributed by atoms with van der Waals surface area (Å²) in [5.41, 5.74) is 4.32. The van der Waals surface area contributed by atoms with Crippen molar-refractivity contribution in [1.82, 2.24) is 14.9 Å². The van der Waals surface area contributed by atoms with E-state index in [9.17, 15) is 4.79 Å². The van der Waals surface area contributed by atoms with Gasteiger partial charge in [0.05, 0.1) is 17.6 Å². The van der Waals surface area contributed by atoms with Crippen molar-refractivity contribution in [2.45, 2.75) is 19.5 Å². The first kappa shape index (κ1) is 18.7. The number of rotatable bonds is 7. The van der Waals surface area contributed by atoms with Gasteiger partial charge in [0.2, 0.25) is 5.91 Å². The molecule has 1 heterocycles. The molecular formula is C25H23N3O. The van der Waals surface area contributed by atoms with Crippen molar-refractivity contribution in [3.05, 3.63) is 108 Å². The molecule has 4 aromatic rings. The van der Waals surface area contributed by atoms with Gasteiger partial charge in [0.15, 0.2) is 0 Å². The highest BCUT2D eigenvalue weighted by Gasteiger charge is 2.11. The van der Waals surface area contributed by atoms with Crippen LogP contribution in [0.1, 0.15) is 17.0 Å². The molecule has 0 radical (unpaired) electrons. The predicted octanol–water partition coefficient (Wildman–Crippen LogP) is 4.61. The Morgan fingerprint density at radius 1 is 0.897 bits per heavy atom. The number of carbonyl (C=O) groups excluding carboxylic acids is 1. The standard InChI is InChI=1S/C25H23N3O/c29-25(16-15-20-9-3-1-4-10-20)26-19-24-27-22-13-7-8-14-23(22)28(24)18-17-21-11-5-2-6-12-21/h1-16H,17-19H2,(H,26,29)/b16-15-. The Kier molecular flexibility index (Phi) is 5.81. The number of amides is 1. The van der Waals surface area contributed by atoms with Crippen LogP contribution in [-0.2, 0) is 24.3 Å². The highest BCUT2D eigenvalue weighted by Crippen LogP contribution is 2.17. The maximum atomic E-state index is 12.3. The van der Waals surface area contributed by atoms with Crippen LogP contribution in [0.3, 0.4) is 0 Å². The summed E-state index contributed by atoms with van der Waals surface area (Å²) in [6, 6.07) is 28.3. The summed E-state index contributed by atoms with van der Waals surface area (Å²) >= 11 is 0. The van der Waals surface area contributed by atoms with Gasteiger partial charge in [-0.3, -0.25) is 4.79 Å². The van der Waals surface area contributed by atoms with E-state index in [-0.39, 0.29) is 5.91 Å². The second-order valence-corrected chi connectivity index (χ2v) is 6.87. The lowest BCUT2D eigenvalue weighted by atomic mass is 10.1. The van der Waals surface area contributed by atoms with E-state index in [4.69, 9.17) is 4.98 Å². The van der Waals surface area contributed by atoms with Crippen molar-refractivity contribution in [2.24, 2.45) is 0 Å². The zero-order valence-electron chi connectivity index (χ0n) is 16.2. The molecule has 0 atom stereocenters. The lowest BCUT2D eigenvalue weighted by Gasteiger charge is -2.10. The summed E-state index contributed by atoms with van der Waals surface area (Å²) in [5.74, 6) is 0.735. The van der Waals surface area contributed by atoms with Gasteiger partial charge in [-0.1, -0.05) is 72.8 Å². The average Bonchev–Trinajstić information content (AvgIpc) is 3.14. The molecule has 4 heteroatoms. The van der Waals surface area contributed by atoms with E-state index in [1.54, 1.807) is 6.08 Å². The number of para-hydroxylation sites is 2. The summed E-state index contributed by atoms with van der Waals surface area (Å²) in [7, 11) is 0. The largest absolute Gasteiger partial charge is 0.345 e. The number of fused-ring (bicyclic) bond motifs is 1. The lowest BCUT2D eigenvalue weighted by Crippen LogP contribution is -2.23. The van der Waals surface area contributed by atoms with Crippen LogP contribution < -0.4 is 5.32 Å². The van der Waals surface area contributed by atoms with E-state index >= 15 is 0 Å². The second kappa shape index (κ2) is 9.02. The smallest absolute Gasteiger partial charge is 0.244 e. The van der Waals surface area contributed by atoms with Gasteiger partial charge < -0.3 is 9.88 Å². The SMILES string of the molecule is O=C(/C=C\c1ccccc1)NCc1nc2ccccc2n1CCc1ccccc1. The molecule has 4 rings (SSSR count). The normalized spacial score (nSPS) is 11.2. The van der Waals surface area contributed by atoms with E-state index in [2.05, 4.69) is 40.2 Å². The Hall–Kier alpha value is -3.66. The summed E-state index contributed by atoms with van der Waals surface area (Å²) < 4.78 is 2.20. The number of hydrogen-bond acceptors (Lipinski definition) is 2. The predicted molar refractivity (Wildman–Crippen MR) is 117 cm³/mol. The maximum Gasteiger partial charge on any atom is 0.244 e. The summed E-state index contributed by atoms with van der Waals surface area (Å²) in [4.78, 5) is 17.0.